The predicted molar refractivity (Wildman–Crippen MR) is 79.8 cm³/mol. The zero-order chi connectivity index (χ0) is 13.5. The van der Waals surface area contributed by atoms with Gasteiger partial charge in [-0.3, -0.25) is 0 Å². The molecule has 2 rings (SSSR count). The van der Waals surface area contributed by atoms with Gasteiger partial charge in [-0.1, -0.05) is 49.4 Å². The average Bonchev–Trinajstić information content (AvgIpc) is 2.45. The number of halogens is 1. The maximum Gasteiger partial charge on any atom is 0.137 e. The van der Waals surface area contributed by atoms with E-state index in [0.29, 0.717) is 6.54 Å². The van der Waals surface area contributed by atoms with Crippen molar-refractivity contribution in [3.05, 3.63) is 65.5 Å². The van der Waals surface area contributed by atoms with Gasteiger partial charge in [0.15, 0.2) is 0 Å². The van der Waals surface area contributed by atoms with Gasteiger partial charge in [0.2, 0.25) is 0 Å². The summed E-state index contributed by atoms with van der Waals surface area (Å²) in [6, 6.07) is 15.4. The number of hydrogen-bond donors (Lipinski definition) is 1. The van der Waals surface area contributed by atoms with Crippen LogP contribution in [0.1, 0.15) is 18.1 Å². The van der Waals surface area contributed by atoms with Gasteiger partial charge in [-0.15, -0.1) is 11.8 Å². The lowest BCUT2D eigenvalue weighted by Gasteiger charge is -2.10. The van der Waals surface area contributed by atoms with Crippen LogP contribution in [0.25, 0.3) is 0 Å². The molecule has 2 aromatic carbocycles. The fraction of sp³-hybridized carbons (Fsp3) is 0.250. The van der Waals surface area contributed by atoms with E-state index >= 15 is 0 Å². The summed E-state index contributed by atoms with van der Waals surface area (Å²) in [7, 11) is 0. The van der Waals surface area contributed by atoms with Crippen molar-refractivity contribution in [3.63, 3.8) is 0 Å². The summed E-state index contributed by atoms with van der Waals surface area (Å²) < 4.78 is 13.9. The molecule has 0 saturated carbocycles. The molecule has 0 aliphatic carbocycles. The van der Waals surface area contributed by atoms with Gasteiger partial charge in [-0.05, 0) is 23.7 Å². The predicted octanol–water partition coefficient (Wildman–Crippen LogP) is 4.23. The van der Waals surface area contributed by atoms with Crippen molar-refractivity contribution in [3.8, 4) is 0 Å². The molecule has 0 spiro atoms. The molecular formula is C16H18FNS. The molecule has 0 unspecified atom stereocenters. The van der Waals surface area contributed by atoms with E-state index in [0.717, 1.165) is 22.8 Å². The minimum atomic E-state index is -0.128. The first-order valence-corrected chi connectivity index (χ1v) is 7.44. The SMILES string of the molecule is CCNCc1cccc(F)c1SCc1ccccc1. The summed E-state index contributed by atoms with van der Waals surface area (Å²) in [5, 5.41) is 3.25. The number of benzene rings is 2. The zero-order valence-corrected chi connectivity index (χ0v) is 11.8. The van der Waals surface area contributed by atoms with E-state index in [4.69, 9.17) is 0 Å². The van der Waals surface area contributed by atoms with E-state index in [-0.39, 0.29) is 5.82 Å². The van der Waals surface area contributed by atoms with Gasteiger partial charge in [0.1, 0.15) is 5.82 Å². The van der Waals surface area contributed by atoms with Gasteiger partial charge in [0.05, 0.1) is 0 Å². The fourth-order valence-electron chi connectivity index (χ4n) is 1.84. The van der Waals surface area contributed by atoms with Crippen molar-refractivity contribution in [2.45, 2.75) is 24.1 Å². The van der Waals surface area contributed by atoms with Crippen molar-refractivity contribution in [1.29, 1.82) is 0 Å². The van der Waals surface area contributed by atoms with Gasteiger partial charge in [0, 0.05) is 17.2 Å². The van der Waals surface area contributed by atoms with Crippen LogP contribution in [0.5, 0.6) is 0 Å². The molecule has 100 valence electrons. The van der Waals surface area contributed by atoms with Crippen molar-refractivity contribution >= 4 is 11.8 Å². The normalized spacial score (nSPS) is 10.6. The molecule has 0 atom stereocenters. The standard InChI is InChI=1S/C16H18FNS/c1-2-18-11-14-9-6-10-15(17)16(14)19-12-13-7-4-3-5-8-13/h3-10,18H,2,11-12H2,1H3. The molecule has 0 aliphatic heterocycles. The van der Waals surface area contributed by atoms with Crippen LogP contribution in [0.2, 0.25) is 0 Å². The van der Waals surface area contributed by atoms with Crippen molar-refractivity contribution in [2.75, 3.05) is 6.54 Å². The van der Waals surface area contributed by atoms with Gasteiger partial charge in [0.25, 0.3) is 0 Å². The summed E-state index contributed by atoms with van der Waals surface area (Å²) in [5.41, 5.74) is 2.24. The fourth-order valence-corrected chi connectivity index (χ4v) is 2.88. The zero-order valence-electron chi connectivity index (χ0n) is 11.0. The average molecular weight is 275 g/mol. The van der Waals surface area contributed by atoms with Crippen LogP contribution in [-0.2, 0) is 12.3 Å². The summed E-state index contributed by atoms with van der Waals surface area (Å²) in [6.07, 6.45) is 0. The highest BCUT2D eigenvalue weighted by molar-refractivity contribution is 7.98. The summed E-state index contributed by atoms with van der Waals surface area (Å²) >= 11 is 1.56. The van der Waals surface area contributed by atoms with E-state index in [2.05, 4.69) is 24.4 Å². The highest BCUT2D eigenvalue weighted by atomic mass is 32.2. The first kappa shape index (κ1) is 14.1. The van der Waals surface area contributed by atoms with E-state index in [9.17, 15) is 4.39 Å². The molecule has 0 radical (unpaired) electrons. The number of rotatable bonds is 6. The van der Waals surface area contributed by atoms with E-state index in [1.54, 1.807) is 17.8 Å². The maximum absolute atomic E-state index is 13.9. The minimum Gasteiger partial charge on any atom is -0.313 e. The third-order valence-electron chi connectivity index (χ3n) is 2.84. The molecule has 0 aromatic heterocycles. The van der Waals surface area contributed by atoms with Crippen LogP contribution in [0.15, 0.2) is 53.4 Å². The third-order valence-corrected chi connectivity index (χ3v) is 4.06. The second kappa shape index (κ2) is 7.31. The van der Waals surface area contributed by atoms with E-state index < -0.39 is 0 Å². The quantitative estimate of drug-likeness (QED) is 0.792. The van der Waals surface area contributed by atoms with Gasteiger partial charge >= 0.3 is 0 Å². The Balaban J connectivity index is 2.10. The number of thioether (sulfide) groups is 1. The Morgan fingerprint density at radius 2 is 1.84 bits per heavy atom. The topological polar surface area (TPSA) is 12.0 Å². The first-order chi connectivity index (χ1) is 9.31. The molecule has 1 N–H and O–H groups in total. The van der Waals surface area contributed by atoms with Gasteiger partial charge in [-0.2, -0.15) is 0 Å². The van der Waals surface area contributed by atoms with Crippen molar-refractivity contribution in [1.82, 2.24) is 5.32 Å². The largest absolute Gasteiger partial charge is 0.313 e. The Morgan fingerprint density at radius 1 is 1.05 bits per heavy atom. The maximum atomic E-state index is 13.9. The molecule has 2 aromatic rings. The summed E-state index contributed by atoms with van der Waals surface area (Å²) in [5.74, 6) is 0.664. The lowest BCUT2D eigenvalue weighted by atomic mass is 10.2. The van der Waals surface area contributed by atoms with E-state index in [1.807, 2.05) is 24.3 Å². The molecule has 19 heavy (non-hydrogen) atoms. The molecule has 1 nitrogen and oxygen atoms in total. The van der Waals surface area contributed by atoms with Crippen LogP contribution < -0.4 is 5.32 Å². The lowest BCUT2D eigenvalue weighted by Crippen LogP contribution is -2.12. The Hall–Kier alpha value is -1.32. The smallest absolute Gasteiger partial charge is 0.137 e. The van der Waals surface area contributed by atoms with Crippen LogP contribution in [0.4, 0.5) is 4.39 Å². The Kier molecular flexibility index (Phi) is 5.43. The first-order valence-electron chi connectivity index (χ1n) is 6.46. The van der Waals surface area contributed by atoms with Gasteiger partial charge < -0.3 is 5.32 Å². The van der Waals surface area contributed by atoms with Crippen LogP contribution >= 0.6 is 11.8 Å². The van der Waals surface area contributed by atoms with Crippen LogP contribution in [0.3, 0.4) is 0 Å². The number of nitrogens with one attached hydrogen (secondary N) is 1. The minimum absolute atomic E-state index is 0.128. The molecule has 3 heteroatoms. The molecule has 0 amide bonds. The van der Waals surface area contributed by atoms with E-state index in [1.165, 1.54) is 11.6 Å². The lowest BCUT2D eigenvalue weighted by molar-refractivity contribution is 0.591. The molecule has 0 saturated heterocycles. The highest BCUT2D eigenvalue weighted by Gasteiger charge is 2.08. The van der Waals surface area contributed by atoms with Crippen molar-refractivity contribution < 1.29 is 4.39 Å². The molecule has 0 bridgehead atoms. The summed E-state index contributed by atoms with van der Waals surface area (Å²) in [4.78, 5) is 0.757. The molecular weight excluding hydrogens is 257 g/mol. The Morgan fingerprint density at radius 3 is 2.58 bits per heavy atom. The highest BCUT2D eigenvalue weighted by Crippen LogP contribution is 2.29. The third kappa shape index (κ3) is 4.08. The summed E-state index contributed by atoms with van der Waals surface area (Å²) in [6.45, 7) is 3.65. The monoisotopic (exact) mass is 275 g/mol. The molecule has 0 aliphatic rings. The van der Waals surface area contributed by atoms with Crippen molar-refractivity contribution in [2.24, 2.45) is 0 Å². The molecule has 0 fully saturated rings. The van der Waals surface area contributed by atoms with Crippen LogP contribution in [0, 0.1) is 5.82 Å². The number of hydrogen-bond acceptors (Lipinski definition) is 2. The Bertz CT molecular complexity index is 513. The second-order valence-corrected chi connectivity index (χ2v) is 5.27. The molecule has 0 heterocycles. The van der Waals surface area contributed by atoms with Gasteiger partial charge in [-0.25, -0.2) is 4.39 Å². The van der Waals surface area contributed by atoms with Crippen LogP contribution in [-0.4, -0.2) is 6.54 Å². The Labute approximate surface area is 118 Å². The second-order valence-electron chi connectivity index (χ2n) is 4.28.